The van der Waals surface area contributed by atoms with Gasteiger partial charge in [-0.1, -0.05) is 12.1 Å². The highest BCUT2D eigenvalue weighted by molar-refractivity contribution is 5.85. The van der Waals surface area contributed by atoms with Gasteiger partial charge in [-0.25, -0.2) is 0 Å². The predicted molar refractivity (Wildman–Crippen MR) is 75.2 cm³/mol. The van der Waals surface area contributed by atoms with E-state index in [1.165, 1.54) is 0 Å². The summed E-state index contributed by atoms with van der Waals surface area (Å²) in [5.74, 6) is 0.894. The van der Waals surface area contributed by atoms with Crippen molar-refractivity contribution in [1.82, 2.24) is 4.90 Å². The van der Waals surface area contributed by atoms with Crippen molar-refractivity contribution in [3.63, 3.8) is 0 Å². The quantitative estimate of drug-likeness (QED) is 0.856. The monoisotopic (exact) mass is 272 g/mol. The number of aryl methyl sites for hydroxylation is 1. The Balaban J connectivity index is 0.00000289. The van der Waals surface area contributed by atoms with Gasteiger partial charge in [-0.2, -0.15) is 0 Å². The average molecular weight is 273 g/mol. The number of benzene rings is 1. The lowest BCUT2D eigenvalue weighted by atomic mass is 10.2. The Morgan fingerprint density at radius 2 is 2.17 bits per heavy atom. The van der Waals surface area contributed by atoms with Crippen molar-refractivity contribution in [2.75, 3.05) is 26.7 Å². The van der Waals surface area contributed by atoms with Crippen molar-refractivity contribution in [3.05, 3.63) is 29.8 Å². The van der Waals surface area contributed by atoms with Crippen molar-refractivity contribution < 1.29 is 9.53 Å². The minimum Gasteiger partial charge on any atom is -0.492 e. The third-order valence-electron chi connectivity index (χ3n) is 2.47. The standard InChI is InChI=1S/C13H20N2O2.ClH/c1-11-4-3-5-12(10-11)17-9-8-15(2)13(16)6-7-14;/h3-5,10H,6-9,14H2,1-2H3;1H. The van der Waals surface area contributed by atoms with Gasteiger partial charge in [0.1, 0.15) is 12.4 Å². The summed E-state index contributed by atoms with van der Waals surface area (Å²) in [6.07, 6.45) is 0.390. The molecule has 1 rings (SSSR count). The predicted octanol–water partition coefficient (Wildman–Crippen LogP) is 1.60. The normalized spacial score (nSPS) is 9.50. The summed E-state index contributed by atoms with van der Waals surface area (Å²) in [6.45, 7) is 3.48. The van der Waals surface area contributed by atoms with Crippen LogP contribution in [0, 0.1) is 6.92 Å². The third kappa shape index (κ3) is 5.89. The molecule has 0 fully saturated rings. The summed E-state index contributed by atoms with van der Waals surface area (Å²) in [6, 6.07) is 7.86. The van der Waals surface area contributed by atoms with E-state index in [1.54, 1.807) is 11.9 Å². The summed E-state index contributed by atoms with van der Waals surface area (Å²) in [4.78, 5) is 13.1. The molecule has 1 aromatic rings. The van der Waals surface area contributed by atoms with E-state index in [4.69, 9.17) is 10.5 Å². The topological polar surface area (TPSA) is 55.6 Å². The fraction of sp³-hybridized carbons (Fsp3) is 0.462. The van der Waals surface area contributed by atoms with Gasteiger partial charge in [-0.15, -0.1) is 12.4 Å². The summed E-state index contributed by atoms with van der Waals surface area (Å²) in [5.41, 5.74) is 6.49. The van der Waals surface area contributed by atoms with E-state index < -0.39 is 0 Å². The molecule has 1 aromatic carbocycles. The van der Waals surface area contributed by atoms with Gasteiger partial charge in [-0.05, 0) is 24.6 Å². The number of carbonyl (C=O) groups is 1. The van der Waals surface area contributed by atoms with Crippen LogP contribution in [0.2, 0.25) is 0 Å². The Labute approximate surface area is 115 Å². The number of rotatable bonds is 6. The molecule has 102 valence electrons. The fourth-order valence-electron chi connectivity index (χ4n) is 1.44. The van der Waals surface area contributed by atoms with Crippen LogP contribution in [0.25, 0.3) is 0 Å². The van der Waals surface area contributed by atoms with Crippen LogP contribution in [0.1, 0.15) is 12.0 Å². The molecular formula is C13H21ClN2O2. The summed E-state index contributed by atoms with van der Waals surface area (Å²) in [5, 5.41) is 0. The Morgan fingerprint density at radius 1 is 1.44 bits per heavy atom. The van der Waals surface area contributed by atoms with Gasteiger partial charge in [-0.3, -0.25) is 4.79 Å². The number of nitrogens with two attached hydrogens (primary N) is 1. The molecule has 0 aliphatic rings. The minimum absolute atomic E-state index is 0. The first kappa shape index (κ1) is 16.7. The Bertz CT molecular complexity index is 372. The number of nitrogens with zero attached hydrogens (tertiary/aromatic N) is 1. The Morgan fingerprint density at radius 3 is 2.78 bits per heavy atom. The van der Waals surface area contributed by atoms with E-state index in [2.05, 4.69) is 0 Å². The molecule has 4 nitrogen and oxygen atoms in total. The van der Waals surface area contributed by atoms with Crippen LogP contribution in [0.5, 0.6) is 5.75 Å². The van der Waals surface area contributed by atoms with Gasteiger partial charge in [0.2, 0.25) is 5.91 Å². The number of ether oxygens (including phenoxy) is 1. The van der Waals surface area contributed by atoms with Crippen molar-refractivity contribution in [3.8, 4) is 5.75 Å². The molecule has 0 radical (unpaired) electrons. The van der Waals surface area contributed by atoms with Gasteiger partial charge in [0.05, 0.1) is 6.54 Å². The van der Waals surface area contributed by atoms with Gasteiger partial charge in [0.25, 0.3) is 0 Å². The van der Waals surface area contributed by atoms with Crippen molar-refractivity contribution in [1.29, 1.82) is 0 Å². The van der Waals surface area contributed by atoms with Gasteiger partial charge < -0.3 is 15.4 Å². The molecule has 0 heterocycles. The maximum absolute atomic E-state index is 11.4. The molecule has 2 N–H and O–H groups in total. The number of carbonyl (C=O) groups excluding carboxylic acids is 1. The summed E-state index contributed by atoms with van der Waals surface area (Å²) >= 11 is 0. The Kier molecular flexibility index (Phi) is 8.16. The van der Waals surface area contributed by atoms with Crippen molar-refractivity contribution in [2.24, 2.45) is 5.73 Å². The van der Waals surface area contributed by atoms with Crippen molar-refractivity contribution in [2.45, 2.75) is 13.3 Å². The van der Waals surface area contributed by atoms with Crippen LogP contribution >= 0.6 is 12.4 Å². The summed E-state index contributed by atoms with van der Waals surface area (Å²) < 4.78 is 5.56. The van der Waals surface area contributed by atoms with Gasteiger partial charge in [0.15, 0.2) is 0 Å². The van der Waals surface area contributed by atoms with Crippen LogP contribution in [-0.4, -0.2) is 37.6 Å². The highest BCUT2D eigenvalue weighted by Gasteiger charge is 2.06. The first-order chi connectivity index (χ1) is 8.13. The first-order valence-corrected chi connectivity index (χ1v) is 5.77. The minimum atomic E-state index is 0. The lowest BCUT2D eigenvalue weighted by molar-refractivity contribution is -0.130. The molecule has 0 unspecified atom stereocenters. The van der Waals surface area contributed by atoms with Crippen LogP contribution in [0.3, 0.4) is 0 Å². The smallest absolute Gasteiger partial charge is 0.223 e. The second-order valence-corrected chi connectivity index (χ2v) is 4.02. The number of amides is 1. The lowest BCUT2D eigenvalue weighted by Crippen LogP contribution is -2.32. The fourth-order valence-corrected chi connectivity index (χ4v) is 1.44. The maximum atomic E-state index is 11.4. The van der Waals surface area contributed by atoms with E-state index in [-0.39, 0.29) is 18.3 Å². The second kappa shape index (κ2) is 8.78. The summed E-state index contributed by atoms with van der Waals surface area (Å²) in [7, 11) is 1.76. The number of hydrogen-bond donors (Lipinski definition) is 1. The van der Waals surface area contributed by atoms with Crippen LogP contribution in [0.15, 0.2) is 24.3 Å². The molecule has 18 heavy (non-hydrogen) atoms. The largest absolute Gasteiger partial charge is 0.492 e. The molecule has 1 amide bonds. The molecule has 0 aliphatic carbocycles. The molecular weight excluding hydrogens is 252 g/mol. The van der Waals surface area contributed by atoms with Crippen LogP contribution < -0.4 is 10.5 Å². The molecule has 0 saturated heterocycles. The SMILES string of the molecule is Cc1cccc(OCCN(C)C(=O)CCN)c1.Cl. The number of hydrogen-bond acceptors (Lipinski definition) is 3. The average Bonchev–Trinajstić information content (AvgIpc) is 2.29. The van der Waals surface area contributed by atoms with Crippen LogP contribution in [0.4, 0.5) is 0 Å². The Hall–Kier alpha value is -1.26. The van der Waals surface area contributed by atoms with E-state index in [9.17, 15) is 4.79 Å². The molecule has 5 heteroatoms. The molecule has 0 atom stereocenters. The molecule has 0 spiro atoms. The molecule has 0 bridgehead atoms. The highest BCUT2D eigenvalue weighted by Crippen LogP contribution is 2.11. The zero-order valence-electron chi connectivity index (χ0n) is 10.9. The van der Waals surface area contributed by atoms with E-state index >= 15 is 0 Å². The van der Waals surface area contributed by atoms with E-state index in [1.807, 2.05) is 31.2 Å². The third-order valence-corrected chi connectivity index (χ3v) is 2.47. The van der Waals surface area contributed by atoms with E-state index in [0.29, 0.717) is 26.1 Å². The van der Waals surface area contributed by atoms with Crippen molar-refractivity contribution >= 4 is 18.3 Å². The number of likely N-dealkylation sites (N-methyl/N-ethyl adjacent to an activating group) is 1. The zero-order chi connectivity index (χ0) is 12.7. The van der Waals surface area contributed by atoms with E-state index in [0.717, 1.165) is 11.3 Å². The number of halogens is 1. The van der Waals surface area contributed by atoms with Gasteiger partial charge >= 0.3 is 0 Å². The first-order valence-electron chi connectivity index (χ1n) is 5.77. The molecule has 0 aliphatic heterocycles. The second-order valence-electron chi connectivity index (χ2n) is 4.02. The highest BCUT2D eigenvalue weighted by atomic mass is 35.5. The lowest BCUT2D eigenvalue weighted by Gasteiger charge is -2.17. The maximum Gasteiger partial charge on any atom is 0.223 e. The molecule has 0 saturated carbocycles. The van der Waals surface area contributed by atoms with Crippen LogP contribution in [-0.2, 0) is 4.79 Å². The molecule has 0 aromatic heterocycles. The van der Waals surface area contributed by atoms with Gasteiger partial charge in [0, 0.05) is 20.0 Å². The zero-order valence-corrected chi connectivity index (χ0v) is 11.7.